The molecular formula is C18H17FN6O2. The normalized spacial score (nSPS) is 14.2. The van der Waals surface area contributed by atoms with Crippen molar-refractivity contribution in [2.45, 2.75) is 0 Å². The third-order valence-electron chi connectivity index (χ3n) is 4.17. The molecule has 4 rings (SSSR count). The van der Waals surface area contributed by atoms with E-state index < -0.39 is 11.7 Å². The smallest absolute Gasteiger partial charge is 0.255 e. The molecule has 0 unspecified atom stereocenters. The van der Waals surface area contributed by atoms with Crippen LogP contribution in [0.5, 0.6) is 0 Å². The average Bonchev–Trinajstić information content (AvgIpc) is 3.17. The number of nitrogens with one attached hydrogen (secondary N) is 1. The quantitative estimate of drug-likeness (QED) is 0.757. The molecule has 3 aromatic rings. The minimum Gasteiger partial charge on any atom is -0.378 e. The topological polar surface area (TPSA) is 85.2 Å². The highest BCUT2D eigenvalue weighted by atomic mass is 19.1. The maximum Gasteiger partial charge on any atom is 0.255 e. The number of benzene rings is 1. The second-order valence-electron chi connectivity index (χ2n) is 5.97. The Kier molecular flexibility index (Phi) is 4.75. The molecule has 1 N–H and O–H groups in total. The molecule has 1 fully saturated rings. The predicted molar refractivity (Wildman–Crippen MR) is 96.5 cm³/mol. The lowest BCUT2D eigenvalue weighted by atomic mass is 10.2. The average molecular weight is 368 g/mol. The van der Waals surface area contributed by atoms with Crippen LogP contribution in [0.4, 0.5) is 15.8 Å². The van der Waals surface area contributed by atoms with Crippen LogP contribution in [0.2, 0.25) is 0 Å². The van der Waals surface area contributed by atoms with Gasteiger partial charge >= 0.3 is 0 Å². The van der Waals surface area contributed by atoms with Gasteiger partial charge in [0.25, 0.3) is 5.91 Å². The van der Waals surface area contributed by atoms with Gasteiger partial charge in [-0.2, -0.15) is 5.10 Å². The number of rotatable bonds is 4. The van der Waals surface area contributed by atoms with E-state index >= 15 is 0 Å². The van der Waals surface area contributed by atoms with Crippen molar-refractivity contribution in [2.24, 2.45) is 0 Å². The van der Waals surface area contributed by atoms with Gasteiger partial charge < -0.3 is 15.0 Å². The Bertz CT molecular complexity index is 954. The van der Waals surface area contributed by atoms with Crippen molar-refractivity contribution in [1.29, 1.82) is 0 Å². The maximum absolute atomic E-state index is 13.3. The van der Waals surface area contributed by atoms with Crippen LogP contribution >= 0.6 is 0 Å². The molecule has 0 bridgehead atoms. The lowest BCUT2D eigenvalue weighted by Gasteiger charge is -2.29. The molecule has 9 heteroatoms. The number of carbonyl (C=O) groups excluding carboxylic acids is 1. The number of morpholine rings is 1. The van der Waals surface area contributed by atoms with Gasteiger partial charge in [-0.1, -0.05) is 6.07 Å². The van der Waals surface area contributed by atoms with Crippen LogP contribution in [0.15, 0.2) is 49.2 Å². The largest absolute Gasteiger partial charge is 0.378 e. The molecule has 0 atom stereocenters. The Morgan fingerprint density at radius 3 is 2.89 bits per heavy atom. The summed E-state index contributed by atoms with van der Waals surface area (Å²) in [5.41, 5.74) is 1.56. The maximum atomic E-state index is 13.3. The van der Waals surface area contributed by atoms with Crippen LogP contribution in [-0.4, -0.2) is 52.0 Å². The zero-order valence-corrected chi connectivity index (χ0v) is 14.4. The van der Waals surface area contributed by atoms with Crippen molar-refractivity contribution in [3.05, 3.63) is 60.6 Å². The van der Waals surface area contributed by atoms with Gasteiger partial charge in [0.2, 0.25) is 0 Å². The first-order valence-corrected chi connectivity index (χ1v) is 8.45. The molecule has 1 saturated heterocycles. The Balaban J connectivity index is 1.55. The van der Waals surface area contributed by atoms with Crippen LogP contribution in [0.3, 0.4) is 0 Å². The molecule has 2 aromatic heterocycles. The highest BCUT2D eigenvalue weighted by Crippen LogP contribution is 2.22. The van der Waals surface area contributed by atoms with Crippen LogP contribution in [0.1, 0.15) is 10.4 Å². The summed E-state index contributed by atoms with van der Waals surface area (Å²) >= 11 is 0. The third kappa shape index (κ3) is 3.77. The number of nitrogens with zero attached hydrogens (tertiary/aromatic N) is 5. The molecule has 27 heavy (non-hydrogen) atoms. The molecular weight excluding hydrogens is 351 g/mol. The van der Waals surface area contributed by atoms with E-state index in [9.17, 15) is 9.18 Å². The summed E-state index contributed by atoms with van der Waals surface area (Å²) in [6.45, 7) is 2.76. The van der Waals surface area contributed by atoms with Crippen molar-refractivity contribution in [2.75, 3.05) is 36.5 Å². The van der Waals surface area contributed by atoms with Gasteiger partial charge in [-0.25, -0.2) is 19.0 Å². The van der Waals surface area contributed by atoms with E-state index in [1.54, 1.807) is 23.1 Å². The Labute approximate surface area is 154 Å². The van der Waals surface area contributed by atoms with Gasteiger partial charge in [0.15, 0.2) is 5.82 Å². The van der Waals surface area contributed by atoms with E-state index in [1.165, 1.54) is 30.7 Å². The summed E-state index contributed by atoms with van der Waals surface area (Å²) in [5.74, 6) is -0.266. The fourth-order valence-corrected chi connectivity index (χ4v) is 2.86. The lowest BCUT2D eigenvalue weighted by Crippen LogP contribution is -2.37. The van der Waals surface area contributed by atoms with Crippen LogP contribution in [-0.2, 0) is 4.74 Å². The van der Waals surface area contributed by atoms with Gasteiger partial charge in [-0.3, -0.25) is 4.79 Å². The van der Waals surface area contributed by atoms with E-state index in [1.807, 2.05) is 0 Å². The monoisotopic (exact) mass is 368 g/mol. The molecule has 0 spiro atoms. The van der Waals surface area contributed by atoms with Gasteiger partial charge in [0.05, 0.1) is 37.5 Å². The molecule has 0 aliphatic carbocycles. The summed E-state index contributed by atoms with van der Waals surface area (Å²) in [5, 5.41) is 6.99. The van der Waals surface area contributed by atoms with Crippen molar-refractivity contribution >= 4 is 17.3 Å². The second kappa shape index (κ2) is 7.50. The molecule has 0 radical (unpaired) electrons. The Hall–Kier alpha value is -3.33. The molecule has 3 heterocycles. The lowest BCUT2D eigenvalue weighted by molar-refractivity contribution is 0.102. The predicted octanol–water partition coefficient (Wildman–Crippen LogP) is 1.89. The van der Waals surface area contributed by atoms with Gasteiger partial charge in [-0.05, 0) is 18.2 Å². The van der Waals surface area contributed by atoms with Crippen molar-refractivity contribution in [3.63, 3.8) is 0 Å². The van der Waals surface area contributed by atoms with Gasteiger partial charge in [0, 0.05) is 18.7 Å². The molecule has 8 nitrogen and oxygen atoms in total. The Morgan fingerprint density at radius 2 is 2.07 bits per heavy atom. The Morgan fingerprint density at radius 1 is 1.22 bits per heavy atom. The molecule has 0 saturated carbocycles. The van der Waals surface area contributed by atoms with Crippen LogP contribution in [0.25, 0.3) is 5.82 Å². The summed E-state index contributed by atoms with van der Waals surface area (Å²) in [4.78, 5) is 22.8. The van der Waals surface area contributed by atoms with Crippen LogP contribution in [0, 0.1) is 5.82 Å². The summed E-state index contributed by atoms with van der Waals surface area (Å²) in [6, 6.07) is 5.50. The summed E-state index contributed by atoms with van der Waals surface area (Å²) < 4.78 is 20.3. The summed E-state index contributed by atoms with van der Waals surface area (Å²) in [7, 11) is 0. The number of aromatic nitrogens is 4. The van der Waals surface area contributed by atoms with E-state index in [4.69, 9.17) is 4.74 Å². The first-order valence-electron chi connectivity index (χ1n) is 8.45. The second-order valence-corrected chi connectivity index (χ2v) is 5.97. The number of amides is 1. The SMILES string of the molecule is O=C(Nc1cnn(-c2ncncc2N2CCOCC2)c1)c1cccc(F)c1. The standard InChI is InChI=1S/C18H17FN6O2/c19-14-3-1-2-13(8-14)18(26)23-15-9-22-25(11-15)17-16(10-20-12-21-17)24-4-6-27-7-5-24/h1-3,8-12H,4-7H2,(H,23,26). The zero-order valence-electron chi connectivity index (χ0n) is 14.4. The first kappa shape index (κ1) is 17.1. The highest BCUT2D eigenvalue weighted by molar-refractivity contribution is 6.04. The minimum absolute atomic E-state index is 0.235. The molecule has 1 aliphatic heterocycles. The number of hydrogen-bond acceptors (Lipinski definition) is 6. The number of ether oxygens (including phenoxy) is 1. The van der Waals surface area contributed by atoms with Crippen molar-refractivity contribution in [3.8, 4) is 5.82 Å². The highest BCUT2D eigenvalue weighted by Gasteiger charge is 2.18. The number of carbonyl (C=O) groups is 1. The van der Waals surface area contributed by atoms with E-state index in [0.717, 1.165) is 18.8 Å². The number of hydrogen-bond donors (Lipinski definition) is 1. The van der Waals surface area contributed by atoms with Crippen molar-refractivity contribution < 1.29 is 13.9 Å². The minimum atomic E-state index is -0.463. The molecule has 138 valence electrons. The number of halogens is 1. The molecule has 1 aromatic carbocycles. The molecule has 1 aliphatic rings. The van der Waals surface area contributed by atoms with E-state index in [0.29, 0.717) is 24.7 Å². The zero-order chi connectivity index (χ0) is 18.6. The fraction of sp³-hybridized carbons (Fsp3) is 0.222. The third-order valence-corrected chi connectivity index (χ3v) is 4.17. The van der Waals surface area contributed by atoms with Gasteiger partial charge in [-0.15, -0.1) is 0 Å². The van der Waals surface area contributed by atoms with E-state index in [-0.39, 0.29) is 5.56 Å². The van der Waals surface area contributed by atoms with E-state index in [2.05, 4.69) is 25.3 Å². The molecule has 1 amide bonds. The fourth-order valence-electron chi connectivity index (χ4n) is 2.86. The summed E-state index contributed by atoms with van der Waals surface area (Å²) in [6.07, 6.45) is 6.36. The van der Waals surface area contributed by atoms with Crippen LogP contribution < -0.4 is 10.2 Å². The van der Waals surface area contributed by atoms with Gasteiger partial charge in [0.1, 0.15) is 17.8 Å². The first-order chi connectivity index (χ1) is 13.2. The van der Waals surface area contributed by atoms with Crippen molar-refractivity contribution in [1.82, 2.24) is 19.7 Å². The number of anilines is 2.